The zero-order valence-corrected chi connectivity index (χ0v) is 12.6. The predicted octanol–water partition coefficient (Wildman–Crippen LogP) is 2.80. The van der Waals surface area contributed by atoms with Crippen LogP contribution in [0, 0.1) is 5.41 Å². The van der Waals surface area contributed by atoms with Crippen molar-refractivity contribution in [3.8, 4) is 0 Å². The molecule has 1 aliphatic heterocycles. The molecule has 0 spiro atoms. The number of carbonyl (C=O) groups excluding carboxylic acids is 1. The molecule has 0 radical (unpaired) electrons. The van der Waals surface area contributed by atoms with Crippen LogP contribution in [0.4, 0.5) is 0 Å². The molecule has 0 bridgehead atoms. The summed E-state index contributed by atoms with van der Waals surface area (Å²) in [5.41, 5.74) is 0.0864. The summed E-state index contributed by atoms with van der Waals surface area (Å²) in [5, 5.41) is 3.53. The minimum atomic E-state index is 0.0864. The second-order valence-electron chi connectivity index (χ2n) is 6.72. The lowest BCUT2D eigenvalue weighted by Gasteiger charge is -2.32. The number of hydrogen-bond donors (Lipinski definition) is 1. The summed E-state index contributed by atoms with van der Waals surface area (Å²) in [7, 11) is 0. The van der Waals surface area contributed by atoms with Gasteiger partial charge in [0.25, 0.3) is 0 Å². The van der Waals surface area contributed by atoms with Gasteiger partial charge in [-0.15, -0.1) is 0 Å². The molecule has 1 heterocycles. The molecular weight excluding hydrogens is 224 g/mol. The first-order valence-corrected chi connectivity index (χ1v) is 7.43. The lowest BCUT2D eigenvalue weighted by molar-refractivity contribution is -0.133. The van der Waals surface area contributed by atoms with E-state index in [0.29, 0.717) is 18.4 Å². The van der Waals surface area contributed by atoms with Gasteiger partial charge in [-0.3, -0.25) is 4.79 Å². The maximum absolute atomic E-state index is 12.3. The summed E-state index contributed by atoms with van der Waals surface area (Å²) >= 11 is 0. The molecule has 0 aromatic heterocycles. The fourth-order valence-electron chi connectivity index (χ4n) is 2.50. The van der Waals surface area contributed by atoms with Gasteiger partial charge in [-0.1, -0.05) is 34.1 Å². The topological polar surface area (TPSA) is 32.3 Å². The van der Waals surface area contributed by atoms with Crippen molar-refractivity contribution in [1.82, 2.24) is 10.2 Å². The Morgan fingerprint density at radius 2 is 2.06 bits per heavy atom. The standard InChI is InChI=1S/C15H30N2O/c1-5-10-17(14(18)11-15(2,3)4)12-13-8-6-7-9-16-13/h13,16H,5-12H2,1-4H3. The summed E-state index contributed by atoms with van der Waals surface area (Å²) in [5.74, 6) is 0.316. The van der Waals surface area contributed by atoms with Crippen LogP contribution in [0.25, 0.3) is 0 Å². The Kier molecular flexibility index (Phi) is 6.13. The second kappa shape index (κ2) is 7.13. The number of nitrogens with zero attached hydrogens (tertiary/aromatic N) is 1. The van der Waals surface area contributed by atoms with Gasteiger partial charge in [0, 0.05) is 25.6 Å². The van der Waals surface area contributed by atoms with Gasteiger partial charge < -0.3 is 10.2 Å². The molecule has 1 saturated heterocycles. The maximum Gasteiger partial charge on any atom is 0.223 e. The quantitative estimate of drug-likeness (QED) is 0.818. The van der Waals surface area contributed by atoms with Crippen molar-refractivity contribution in [2.45, 2.75) is 65.8 Å². The fourth-order valence-corrected chi connectivity index (χ4v) is 2.50. The van der Waals surface area contributed by atoms with Crippen molar-refractivity contribution in [3.05, 3.63) is 0 Å². The number of hydrogen-bond acceptors (Lipinski definition) is 2. The van der Waals surface area contributed by atoms with Gasteiger partial charge in [0.05, 0.1) is 0 Å². The van der Waals surface area contributed by atoms with Crippen molar-refractivity contribution in [1.29, 1.82) is 0 Å². The molecule has 3 heteroatoms. The molecule has 0 aromatic carbocycles. The van der Waals surface area contributed by atoms with Gasteiger partial charge in [-0.25, -0.2) is 0 Å². The minimum absolute atomic E-state index is 0.0864. The van der Waals surface area contributed by atoms with Crippen LogP contribution in [-0.4, -0.2) is 36.5 Å². The van der Waals surface area contributed by atoms with Crippen LogP contribution in [0.1, 0.15) is 59.8 Å². The largest absolute Gasteiger partial charge is 0.341 e. The lowest BCUT2D eigenvalue weighted by Crippen LogP contribution is -2.46. The number of piperidine rings is 1. The summed E-state index contributed by atoms with van der Waals surface area (Å²) in [6.45, 7) is 11.4. The first-order valence-electron chi connectivity index (χ1n) is 7.43. The van der Waals surface area contributed by atoms with E-state index in [0.717, 1.165) is 26.1 Å². The molecule has 0 aliphatic carbocycles. The second-order valence-corrected chi connectivity index (χ2v) is 6.72. The van der Waals surface area contributed by atoms with Crippen molar-refractivity contribution >= 4 is 5.91 Å². The van der Waals surface area contributed by atoms with Crippen LogP contribution in [0.5, 0.6) is 0 Å². The number of amides is 1. The Bertz CT molecular complexity index is 252. The van der Waals surface area contributed by atoms with Crippen LogP contribution in [0.3, 0.4) is 0 Å². The number of rotatable bonds is 5. The summed E-state index contributed by atoms with van der Waals surface area (Å²) in [6.07, 6.45) is 5.48. The number of nitrogens with one attached hydrogen (secondary N) is 1. The third-order valence-corrected chi connectivity index (χ3v) is 3.38. The average molecular weight is 254 g/mol. The molecular formula is C15H30N2O. The monoisotopic (exact) mass is 254 g/mol. The fraction of sp³-hybridized carbons (Fsp3) is 0.933. The van der Waals surface area contributed by atoms with E-state index >= 15 is 0 Å². The van der Waals surface area contributed by atoms with Crippen molar-refractivity contribution < 1.29 is 4.79 Å². The van der Waals surface area contributed by atoms with Crippen LogP contribution in [-0.2, 0) is 4.79 Å². The first-order chi connectivity index (χ1) is 8.42. The van der Waals surface area contributed by atoms with Gasteiger partial charge in [0.2, 0.25) is 5.91 Å². The Morgan fingerprint density at radius 3 is 2.56 bits per heavy atom. The van der Waals surface area contributed by atoms with Gasteiger partial charge in [-0.2, -0.15) is 0 Å². The summed E-state index contributed by atoms with van der Waals surface area (Å²) in [6, 6.07) is 0.509. The van der Waals surface area contributed by atoms with E-state index in [4.69, 9.17) is 0 Å². The smallest absolute Gasteiger partial charge is 0.223 e. The highest BCUT2D eigenvalue weighted by Gasteiger charge is 2.23. The van der Waals surface area contributed by atoms with E-state index in [1.807, 2.05) is 0 Å². The molecule has 1 aliphatic rings. The molecule has 0 saturated carbocycles. The Morgan fingerprint density at radius 1 is 1.33 bits per heavy atom. The molecule has 1 unspecified atom stereocenters. The Labute approximate surface area is 112 Å². The third kappa shape index (κ3) is 5.85. The molecule has 18 heavy (non-hydrogen) atoms. The summed E-state index contributed by atoms with van der Waals surface area (Å²) < 4.78 is 0. The van der Waals surface area contributed by atoms with E-state index in [1.54, 1.807) is 0 Å². The molecule has 1 amide bonds. The van der Waals surface area contributed by atoms with Gasteiger partial charge in [-0.05, 0) is 31.2 Å². The highest BCUT2D eigenvalue weighted by Crippen LogP contribution is 2.20. The maximum atomic E-state index is 12.3. The highest BCUT2D eigenvalue weighted by atomic mass is 16.2. The van der Waals surface area contributed by atoms with Crippen LogP contribution < -0.4 is 5.32 Å². The third-order valence-electron chi connectivity index (χ3n) is 3.38. The van der Waals surface area contributed by atoms with Crippen LogP contribution >= 0.6 is 0 Å². The average Bonchev–Trinajstić information content (AvgIpc) is 2.27. The van der Waals surface area contributed by atoms with E-state index in [2.05, 4.69) is 37.9 Å². The van der Waals surface area contributed by atoms with Gasteiger partial charge >= 0.3 is 0 Å². The van der Waals surface area contributed by atoms with Crippen molar-refractivity contribution in [2.24, 2.45) is 5.41 Å². The van der Waals surface area contributed by atoms with Crippen LogP contribution in [0.15, 0.2) is 0 Å². The normalized spacial score (nSPS) is 20.8. The number of carbonyl (C=O) groups is 1. The van der Waals surface area contributed by atoms with Crippen molar-refractivity contribution in [2.75, 3.05) is 19.6 Å². The van der Waals surface area contributed by atoms with Crippen LogP contribution in [0.2, 0.25) is 0 Å². The zero-order chi connectivity index (χ0) is 13.6. The minimum Gasteiger partial charge on any atom is -0.341 e. The van der Waals surface area contributed by atoms with Gasteiger partial charge in [0.1, 0.15) is 0 Å². The molecule has 1 atom stereocenters. The highest BCUT2D eigenvalue weighted by molar-refractivity contribution is 5.76. The molecule has 1 rings (SSSR count). The molecule has 3 nitrogen and oxygen atoms in total. The van der Waals surface area contributed by atoms with E-state index in [9.17, 15) is 4.79 Å². The first kappa shape index (κ1) is 15.5. The van der Waals surface area contributed by atoms with E-state index in [1.165, 1.54) is 19.3 Å². The molecule has 1 N–H and O–H groups in total. The molecule has 106 valence electrons. The predicted molar refractivity (Wildman–Crippen MR) is 76.6 cm³/mol. The Hall–Kier alpha value is -0.570. The van der Waals surface area contributed by atoms with Gasteiger partial charge in [0.15, 0.2) is 0 Å². The van der Waals surface area contributed by atoms with Crippen molar-refractivity contribution in [3.63, 3.8) is 0 Å². The molecule has 1 fully saturated rings. The zero-order valence-electron chi connectivity index (χ0n) is 12.6. The summed E-state index contributed by atoms with van der Waals surface area (Å²) in [4.78, 5) is 14.4. The molecule has 0 aromatic rings. The SMILES string of the molecule is CCCN(CC1CCCCN1)C(=O)CC(C)(C)C. The Balaban J connectivity index is 2.49. The van der Waals surface area contributed by atoms with E-state index < -0.39 is 0 Å². The lowest BCUT2D eigenvalue weighted by atomic mass is 9.91. The van der Waals surface area contributed by atoms with E-state index in [-0.39, 0.29) is 5.41 Å².